The van der Waals surface area contributed by atoms with Crippen molar-refractivity contribution >= 4 is 11.2 Å². The molecule has 0 bridgehead atoms. The molecular weight excluding hydrogens is 194 g/mol. The number of hydrogen-bond acceptors (Lipinski definition) is 4. The lowest BCUT2D eigenvalue weighted by Gasteiger charge is -1.97. The Kier molecular flexibility index (Phi) is 2.50. The maximum atomic E-state index is 11.4. The zero-order chi connectivity index (χ0) is 10.7. The van der Waals surface area contributed by atoms with E-state index in [2.05, 4.69) is 4.98 Å². The van der Waals surface area contributed by atoms with Crippen molar-refractivity contribution in [3.05, 3.63) is 28.9 Å². The van der Waals surface area contributed by atoms with E-state index in [1.54, 1.807) is 18.3 Å². The molecule has 0 radical (unpaired) electrons. The average Bonchev–Trinajstić information content (AvgIpc) is 2.56. The number of pyridine rings is 1. The maximum Gasteiger partial charge on any atom is 0.421 e. The van der Waals surface area contributed by atoms with Gasteiger partial charge in [0, 0.05) is 19.2 Å². The van der Waals surface area contributed by atoms with Crippen molar-refractivity contribution in [3.63, 3.8) is 0 Å². The second-order valence-electron chi connectivity index (χ2n) is 3.11. The zero-order valence-corrected chi connectivity index (χ0v) is 8.01. The number of fused-ring (bicyclic) bond motifs is 1. The van der Waals surface area contributed by atoms with Crippen LogP contribution in [0.1, 0.15) is 12.8 Å². The Hall–Kier alpha value is -2.09. The highest BCUT2D eigenvalue weighted by Crippen LogP contribution is 2.09. The van der Waals surface area contributed by atoms with E-state index in [0.29, 0.717) is 30.6 Å². The molecule has 0 aliphatic rings. The lowest BCUT2D eigenvalue weighted by atomic mass is 10.3. The fraction of sp³-hybridized carbons (Fsp3) is 0.300. The van der Waals surface area contributed by atoms with E-state index < -0.39 is 5.76 Å². The normalized spacial score (nSPS) is 10.3. The van der Waals surface area contributed by atoms with Gasteiger partial charge in [-0.05, 0) is 18.6 Å². The standard InChI is InChI=1S/C10H9N3O2/c11-5-1-2-7-13-9-8(15-10(13)14)4-3-6-12-9/h3-4,6H,1-2,7H2. The van der Waals surface area contributed by atoms with Gasteiger partial charge in [0.15, 0.2) is 11.2 Å². The summed E-state index contributed by atoms with van der Waals surface area (Å²) in [7, 11) is 0. The molecule has 0 saturated carbocycles. The van der Waals surface area contributed by atoms with Gasteiger partial charge in [0.2, 0.25) is 0 Å². The Labute approximate surface area is 85.6 Å². The van der Waals surface area contributed by atoms with Crippen LogP contribution in [0.5, 0.6) is 0 Å². The molecule has 0 amide bonds. The van der Waals surface area contributed by atoms with Crippen molar-refractivity contribution in [2.24, 2.45) is 0 Å². The molecule has 0 aliphatic heterocycles. The van der Waals surface area contributed by atoms with Crippen molar-refractivity contribution in [3.8, 4) is 6.07 Å². The molecule has 0 atom stereocenters. The van der Waals surface area contributed by atoms with Gasteiger partial charge in [0.25, 0.3) is 0 Å². The van der Waals surface area contributed by atoms with Crippen molar-refractivity contribution in [1.29, 1.82) is 5.26 Å². The molecule has 0 saturated heterocycles. The third kappa shape index (κ3) is 1.74. The number of aryl methyl sites for hydroxylation is 1. The summed E-state index contributed by atoms with van der Waals surface area (Å²) in [6.07, 6.45) is 2.66. The van der Waals surface area contributed by atoms with Gasteiger partial charge in [0.05, 0.1) is 6.07 Å². The van der Waals surface area contributed by atoms with Crippen LogP contribution in [0.15, 0.2) is 27.5 Å². The first-order valence-electron chi connectivity index (χ1n) is 4.64. The minimum absolute atomic E-state index is 0.415. The molecule has 15 heavy (non-hydrogen) atoms. The van der Waals surface area contributed by atoms with E-state index in [1.807, 2.05) is 6.07 Å². The van der Waals surface area contributed by atoms with Gasteiger partial charge in [-0.1, -0.05) is 0 Å². The number of rotatable bonds is 3. The summed E-state index contributed by atoms with van der Waals surface area (Å²) in [6, 6.07) is 5.44. The first-order chi connectivity index (χ1) is 7.33. The Morgan fingerprint density at radius 3 is 3.27 bits per heavy atom. The Morgan fingerprint density at radius 1 is 1.60 bits per heavy atom. The highest BCUT2D eigenvalue weighted by Gasteiger charge is 2.08. The minimum atomic E-state index is -0.415. The summed E-state index contributed by atoms with van der Waals surface area (Å²) < 4.78 is 6.44. The van der Waals surface area contributed by atoms with Gasteiger partial charge < -0.3 is 4.42 Å². The zero-order valence-electron chi connectivity index (χ0n) is 8.01. The maximum absolute atomic E-state index is 11.4. The fourth-order valence-corrected chi connectivity index (χ4v) is 1.41. The molecule has 5 nitrogen and oxygen atoms in total. The Balaban J connectivity index is 2.38. The van der Waals surface area contributed by atoms with Crippen LogP contribution in [0.2, 0.25) is 0 Å². The van der Waals surface area contributed by atoms with Gasteiger partial charge >= 0.3 is 5.76 Å². The summed E-state index contributed by atoms with van der Waals surface area (Å²) in [6.45, 7) is 0.469. The highest BCUT2D eigenvalue weighted by atomic mass is 16.4. The molecule has 2 aromatic heterocycles. The molecule has 0 N–H and O–H groups in total. The molecule has 0 aromatic carbocycles. The van der Waals surface area contributed by atoms with Crippen molar-refractivity contribution in [2.75, 3.05) is 0 Å². The molecule has 2 heterocycles. The predicted molar refractivity (Wildman–Crippen MR) is 53.1 cm³/mol. The summed E-state index contributed by atoms with van der Waals surface area (Å²) in [5.41, 5.74) is 1.03. The number of nitrogens with zero attached hydrogens (tertiary/aromatic N) is 3. The number of hydrogen-bond donors (Lipinski definition) is 0. The largest absolute Gasteiger partial charge is 0.421 e. The third-order valence-electron chi connectivity index (χ3n) is 2.09. The van der Waals surface area contributed by atoms with Gasteiger partial charge in [-0.2, -0.15) is 5.26 Å². The van der Waals surface area contributed by atoms with E-state index in [-0.39, 0.29) is 0 Å². The molecule has 2 rings (SSSR count). The van der Waals surface area contributed by atoms with Crippen LogP contribution >= 0.6 is 0 Å². The van der Waals surface area contributed by atoms with Gasteiger partial charge in [-0.3, -0.25) is 4.57 Å². The van der Waals surface area contributed by atoms with Crippen molar-refractivity contribution in [2.45, 2.75) is 19.4 Å². The van der Waals surface area contributed by atoms with E-state index >= 15 is 0 Å². The second-order valence-corrected chi connectivity index (χ2v) is 3.11. The minimum Gasteiger partial charge on any atom is -0.406 e. The van der Waals surface area contributed by atoms with E-state index in [0.717, 1.165) is 0 Å². The molecule has 5 heteroatoms. The first-order valence-corrected chi connectivity index (χ1v) is 4.64. The molecule has 0 fully saturated rings. The van der Waals surface area contributed by atoms with E-state index in [4.69, 9.17) is 9.68 Å². The van der Waals surface area contributed by atoms with Gasteiger partial charge in [-0.25, -0.2) is 9.78 Å². The van der Waals surface area contributed by atoms with Crippen LogP contribution < -0.4 is 5.76 Å². The monoisotopic (exact) mass is 203 g/mol. The lowest BCUT2D eigenvalue weighted by molar-refractivity contribution is 0.498. The molecule has 0 spiro atoms. The summed E-state index contributed by atoms with van der Waals surface area (Å²) in [5.74, 6) is -0.415. The molecular formula is C10H9N3O2. The quantitative estimate of drug-likeness (QED) is 0.704. The van der Waals surface area contributed by atoms with Gasteiger partial charge in [-0.15, -0.1) is 0 Å². The van der Waals surface area contributed by atoms with Crippen molar-refractivity contribution in [1.82, 2.24) is 9.55 Å². The third-order valence-corrected chi connectivity index (χ3v) is 2.09. The lowest BCUT2D eigenvalue weighted by Crippen LogP contribution is -2.14. The van der Waals surface area contributed by atoms with Crippen LogP contribution in [0.25, 0.3) is 11.2 Å². The van der Waals surface area contributed by atoms with Crippen molar-refractivity contribution < 1.29 is 4.42 Å². The first kappa shape index (κ1) is 9.46. The van der Waals surface area contributed by atoms with Crippen LogP contribution in [0, 0.1) is 11.3 Å². The second kappa shape index (κ2) is 3.96. The molecule has 2 aromatic rings. The summed E-state index contributed by atoms with van der Waals surface area (Å²) >= 11 is 0. The van der Waals surface area contributed by atoms with E-state index in [1.165, 1.54) is 4.57 Å². The Morgan fingerprint density at radius 2 is 2.47 bits per heavy atom. The van der Waals surface area contributed by atoms with Gasteiger partial charge in [0.1, 0.15) is 0 Å². The fourth-order valence-electron chi connectivity index (χ4n) is 1.41. The van der Waals surface area contributed by atoms with Crippen LogP contribution in [0.4, 0.5) is 0 Å². The number of nitriles is 1. The molecule has 76 valence electrons. The summed E-state index contributed by atoms with van der Waals surface area (Å²) in [4.78, 5) is 15.5. The van der Waals surface area contributed by atoms with Crippen LogP contribution in [-0.2, 0) is 6.54 Å². The Bertz CT molecular complexity index is 562. The number of oxazole rings is 1. The molecule has 0 unspecified atom stereocenters. The SMILES string of the molecule is N#CCCCn1c(=O)oc2cccnc21. The number of unbranched alkanes of at least 4 members (excludes halogenated alkanes) is 1. The summed E-state index contributed by atoms with van der Waals surface area (Å²) in [5, 5.41) is 8.40. The highest BCUT2D eigenvalue weighted by molar-refractivity contribution is 5.67. The van der Waals surface area contributed by atoms with E-state index in [9.17, 15) is 4.79 Å². The van der Waals surface area contributed by atoms with Crippen LogP contribution in [-0.4, -0.2) is 9.55 Å². The van der Waals surface area contributed by atoms with Crippen LogP contribution in [0.3, 0.4) is 0 Å². The predicted octanol–water partition coefficient (Wildman–Crippen LogP) is 1.29. The smallest absolute Gasteiger partial charge is 0.406 e. The molecule has 0 aliphatic carbocycles. The number of aromatic nitrogens is 2. The average molecular weight is 203 g/mol. The topological polar surface area (TPSA) is 71.8 Å².